The fourth-order valence-corrected chi connectivity index (χ4v) is 2.80. The molecule has 4 heteroatoms. The van der Waals surface area contributed by atoms with Gasteiger partial charge in [-0.05, 0) is 33.3 Å². The Morgan fingerprint density at radius 2 is 2.33 bits per heavy atom. The molecule has 2 unspecified atom stereocenters. The van der Waals surface area contributed by atoms with Crippen LogP contribution in [-0.2, 0) is 11.2 Å². The summed E-state index contributed by atoms with van der Waals surface area (Å²) in [4.78, 5) is 12.9. The molecule has 1 aromatic heterocycles. The van der Waals surface area contributed by atoms with Gasteiger partial charge in [0.25, 0.3) is 0 Å². The molecule has 0 radical (unpaired) electrons. The normalized spacial score (nSPS) is 14.9. The molecule has 2 nitrogen and oxygen atoms in total. The first-order valence-electron chi connectivity index (χ1n) is 5.06. The number of rotatable bonds is 5. The summed E-state index contributed by atoms with van der Waals surface area (Å²) in [5.41, 5.74) is 5.88. The lowest BCUT2D eigenvalue weighted by atomic mass is 9.95. The molecule has 0 saturated carbocycles. The quantitative estimate of drug-likeness (QED) is 0.906. The van der Waals surface area contributed by atoms with Gasteiger partial charge in [-0.1, -0.05) is 20.3 Å². The topological polar surface area (TPSA) is 43.1 Å². The smallest absolute Gasteiger partial charge is 0.155 e. The van der Waals surface area contributed by atoms with Gasteiger partial charge in [0, 0.05) is 15.8 Å². The van der Waals surface area contributed by atoms with E-state index in [1.165, 1.54) is 0 Å². The standard InChI is InChI=1S/C11H16BrNOS/c1-3-7(2)11(13)9(14)6-10-8(12)4-5-15-10/h4-5,7,11H,3,6,13H2,1-2H3. The van der Waals surface area contributed by atoms with Crippen molar-refractivity contribution in [3.8, 4) is 0 Å². The summed E-state index contributed by atoms with van der Waals surface area (Å²) >= 11 is 5.01. The Hall–Kier alpha value is -0.190. The lowest BCUT2D eigenvalue weighted by Gasteiger charge is -2.16. The number of thiophene rings is 1. The fraction of sp³-hybridized carbons (Fsp3) is 0.545. The summed E-state index contributed by atoms with van der Waals surface area (Å²) in [6.07, 6.45) is 1.39. The molecule has 0 amide bonds. The van der Waals surface area contributed by atoms with Crippen molar-refractivity contribution in [2.45, 2.75) is 32.7 Å². The Bertz CT molecular complexity index is 337. The predicted octanol–water partition coefficient (Wildman–Crippen LogP) is 3.00. The van der Waals surface area contributed by atoms with E-state index in [-0.39, 0.29) is 17.7 Å². The van der Waals surface area contributed by atoms with Gasteiger partial charge in [0.05, 0.1) is 6.04 Å². The molecule has 1 aromatic rings. The van der Waals surface area contributed by atoms with Gasteiger partial charge in [0.1, 0.15) is 0 Å². The Balaban J connectivity index is 2.60. The van der Waals surface area contributed by atoms with Gasteiger partial charge in [-0.25, -0.2) is 0 Å². The Kier molecular flexibility index (Phi) is 4.96. The molecule has 0 bridgehead atoms. The van der Waals surface area contributed by atoms with Crippen LogP contribution in [0.15, 0.2) is 15.9 Å². The fourth-order valence-electron chi connectivity index (χ4n) is 1.30. The number of hydrogen-bond acceptors (Lipinski definition) is 3. The maximum Gasteiger partial charge on any atom is 0.155 e. The van der Waals surface area contributed by atoms with E-state index < -0.39 is 0 Å². The number of Topliss-reactive ketones (excluding diaryl/α,β-unsaturated/α-hetero) is 1. The highest BCUT2D eigenvalue weighted by Crippen LogP contribution is 2.24. The highest BCUT2D eigenvalue weighted by atomic mass is 79.9. The molecule has 0 saturated heterocycles. The molecule has 0 spiro atoms. The summed E-state index contributed by atoms with van der Waals surface area (Å²) in [6, 6.07) is 1.63. The monoisotopic (exact) mass is 289 g/mol. The first-order valence-corrected chi connectivity index (χ1v) is 6.73. The highest BCUT2D eigenvalue weighted by molar-refractivity contribution is 9.10. The van der Waals surface area contributed by atoms with Crippen LogP contribution in [0.4, 0.5) is 0 Å². The van der Waals surface area contributed by atoms with E-state index in [9.17, 15) is 4.79 Å². The summed E-state index contributed by atoms with van der Waals surface area (Å²) in [5.74, 6) is 0.392. The van der Waals surface area contributed by atoms with Crippen molar-refractivity contribution in [3.05, 3.63) is 20.8 Å². The van der Waals surface area contributed by atoms with Crippen molar-refractivity contribution in [2.75, 3.05) is 0 Å². The minimum absolute atomic E-state index is 0.132. The Morgan fingerprint density at radius 1 is 1.67 bits per heavy atom. The van der Waals surface area contributed by atoms with E-state index in [4.69, 9.17) is 5.73 Å². The van der Waals surface area contributed by atoms with Gasteiger partial charge in [0.2, 0.25) is 0 Å². The van der Waals surface area contributed by atoms with Crippen LogP contribution in [0.25, 0.3) is 0 Å². The third-order valence-corrected chi connectivity index (χ3v) is 4.58. The second-order valence-corrected chi connectivity index (χ2v) is 5.60. The maximum absolute atomic E-state index is 11.8. The second kappa shape index (κ2) is 5.77. The summed E-state index contributed by atoms with van der Waals surface area (Å²) in [7, 11) is 0. The number of ketones is 1. The number of hydrogen-bond donors (Lipinski definition) is 1. The van der Waals surface area contributed by atoms with Gasteiger partial charge in [0.15, 0.2) is 5.78 Å². The lowest BCUT2D eigenvalue weighted by molar-refractivity contribution is -0.120. The number of carbonyl (C=O) groups excluding carboxylic acids is 1. The zero-order valence-corrected chi connectivity index (χ0v) is 11.4. The van der Waals surface area contributed by atoms with Gasteiger partial charge in [-0.3, -0.25) is 4.79 Å². The molecule has 2 N–H and O–H groups in total. The van der Waals surface area contributed by atoms with Crippen molar-refractivity contribution < 1.29 is 4.79 Å². The van der Waals surface area contributed by atoms with E-state index in [0.717, 1.165) is 15.8 Å². The van der Waals surface area contributed by atoms with E-state index in [1.807, 2.05) is 18.4 Å². The number of halogens is 1. The van der Waals surface area contributed by atoms with Crippen molar-refractivity contribution in [1.29, 1.82) is 0 Å². The molecule has 0 aliphatic heterocycles. The molecule has 1 heterocycles. The predicted molar refractivity (Wildman–Crippen MR) is 68.2 cm³/mol. The Labute approximate surface area is 103 Å². The third kappa shape index (κ3) is 3.40. The van der Waals surface area contributed by atoms with Crippen molar-refractivity contribution in [3.63, 3.8) is 0 Å². The van der Waals surface area contributed by atoms with Crippen LogP contribution in [0.5, 0.6) is 0 Å². The van der Waals surface area contributed by atoms with Crippen molar-refractivity contribution in [1.82, 2.24) is 0 Å². The largest absolute Gasteiger partial charge is 0.321 e. The van der Waals surface area contributed by atoms with Crippen LogP contribution < -0.4 is 5.73 Å². The molecule has 0 aliphatic rings. The van der Waals surface area contributed by atoms with Crippen LogP contribution >= 0.6 is 27.3 Å². The van der Waals surface area contributed by atoms with Gasteiger partial charge in [-0.15, -0.1) is 11.3 Å². The molecule has 0 aromatic carbocycles. The van der Waals surface area contributed by atoms with Gasteiger partial charge in [-0.2, -0.15) is 0 Å². The average molecular weight is 290 g/mol. The SMILES string of the molecule is CCC(C)C(N)C(=O)Cc1sccc1Br. The molecular weight excluding hydrogens is 274 g/mol. The third-order valence-electron chi connectivity index (χ3n) is 2.65. The lowest BCUT2D eigenvalue weighted by Crippen LogP contribution is -2.37. The van der Waals surface area contributed by atoms with Crippen LogP contribution in [-0.4, -0.2) is 11.8 Å². The van der Waals surface area contributed by atoms with E-state index in [2.05, 4.69) is 22.9 Å². The van der Waals surface area contributed by atoms with Crippen molar-refractivity contribution >= 4 is 33.0 Å². The molecule has 2 atom stereocenters. The summed E-state index contributed by atoms with van der Waals surface area (Å²) in [5, 5.41) is 1.97. The number of carbonyl (C=O) groups is 1. The summed E-state index contributed by atoms with van der Waals surface area (Å²) in [6.45, 7) is 4.07. The minimum Gasteiger partial charge on any atom is -0.321 e. The molecule has 0 fully saturated rings. The van der Waals surface area contributed by atoms with Gasteiger partial charge < -0.3 is 5.73 Å². The maximum atomic E-state index is 11.8. The zero-order chi connectivity index (χ0) is 11.4. The minimum atomic E-state index is -0.330. The van der Waals surface area contributed by atoms with Crippen LogP contribution in [0, 0.1) is 5.92 Å². The first-order chi connectivity index (χ1) is 7.06. The van der Waals surface area contributed by atoms with Crippen LogP contribution in [0.2, 0.25) is 0 Å². The average Bonchev–Trinajstić information content (AvgIpc) is 2.62. The second-order valence-electron chi connectivity index (χ2n) is 3.75. The molecule has 15 heavy (non-hydrogen) atoms. The summed E-state index contributed by atoms with van der Waals surface area (Å²) < 4.78 is 1.01. The van der Waals surface area contributed by atoms with Crippen molar-refractivity contribution in [2.24, 2.45) is 11.7 Å². The Morgan fingerprint density at radius 3 is 2.80 bits per heavy atom. The zero-order valence-electron chi connectivity index (χ0n) is 9.00. The molecule has 1 rings (SSSR count). The molecular formula is C11H16BrNOS. The van der Waals surface area contributed by atoms with E-state index >= 15 is 0 Å². The number of nitrogens with two attached hydrogens (primary N) is 1. The van der Waals surface area contributed by atoms with Crippen LogP contribution in [0.3, 0.4) is 0 Å². The first kappa shape index (κ1) is 12.9. The van der Waals surface area contributed by atoms with E-state index in [1.54, 1.807) is 11.3 Å². The molecule has 84 valence electrons. The molecule has 0 aliphatic carbocycles. The van der Waals surface area contributed by atoms with Crippen LogP contribution in [0.1, 0.15) is 25.1 Å². The van der Waals surface area contributed by atoms with E-state index in [0.29, 0.717) is 6.42 Å². The van der Waals surface area contributed by atoms with Gasteiger partial charge >= 0.3 is 0 Å². The highest BCUT2D eigenvalue weighted by Gasteiger charge is 2.20.